The number of ether oxygens (including phenoxy) is 2. The van der Waals surface area contributed by atoms with Crippen LogP contribution in [0, 0.1) is 39.3 Å². The monoisotopic (exact) mass is 1900 g/mol. The third kappa shape index (κ3) is 23.1. The Morgan fingerprint density at radius 3 is 1.06 bits per heavy atom. The summed E-state index contributed by atoms with van der Waals surface area (Å²) in [5.74, 6) is 5.42. The van der Waals surface area contributed by atoms with Crippen molar-refractivity contribution in [3.63, 3.8) is 0 Å². The summed E-state index contributed by atoms with van der Waals surface area (Å²) in [5, 5.41) is 32.9. The lowest BCUT2D eigenvalue weighted by molar-refractivity contribution is 0.414. The zero-order valence-electron chi connectivity index (χ0n) is 75.3. The molecule has 137 heavy (non-hydrogen) atoms. The van der Waals surface area contributed by atoms with Crippen molar-refractivity contribution < 1.29 is 18.3 Å². The Bertz CT molecular complexity index is 8050. The summed E-state index contributed by atoms with van der Waals surface area (Å²) in [7, 11) is 3.22. The van der Waals surface area contributed by atoms with E-state index in [-0.39, 0.29) is 44.8 Å². The second kappa shape index (κ2) is 41.6. The van der Waals surface area contributed by atoms with Gasteiger partial charge in [0.1, 0.15) is 23.1 Å². The summed E-state index contributed by atoms with van der Waals surface area (Å²) in [4.78, 5) is 107. The fraction of sp³-hybridized carbons (Fsp3) is 0.150. The van der Waals surface area contributed by atoms with Crippen LogP contribution in [0.1, 0.15) is 77.1 Å². The highest BCUT2D eigenvalue weighted by Crippen LogP contribution is 2.30. The molecule has 0 radical (unpaired) electrons. The minimum absolute atomic E-state index is 0.0668. The van der Waals surface area contributed by atoms with Crippen LogP contribution in [0.3, 0.4) is 0 Å². The molecule has 0 atom stereocenters. The number of anilines is 5. The number of aryl methyl sites for hydroxylation is 3. The third-order valence-electron chi connectivity index (χ3n) is 21.8. The first kappa shape index (κ1) is 93.5. The number of rotatable bonds is 22. The molecule has 0 unspecified atom stereocenters. The zero-order valence-corrected chi connectivity index (χ0v) is 77.6. The summed E-state index contributed by atoms with van der Waals surface area (Å²) < 4.78 is 42.9. The first-order valence-electron chi connectivity index (χ1n) is 43.0. The normalized spacial score (nSPS) is 11.1. The van der Waals surface area contributed by atoms with E-state index in [9.17, 15) is 32.8 Å². The van der Waals surface area contributed by atoms with Crippen LogP contribution in [0.5, 0.6) is 11.5 Å². The number of benzene rings is 10. The maximum absolute atomic E-state index is 13.0. The molecular formula is C100H90Cl3F2N25O7. The SMILES string of the molecule is CC(C)(C)c1ccc(-c2nc3nc(CNc4ccc(F)cc4)cc(=O)n3[nH]2)cc1.COc1ccc(-c2nc3nc(CNc4ccc(Cl)cc4)cc(=O)n3[nH]2)cc1.COc1ccc(-c2nc3nc(CNc4cccc(Cl)c4)cc(=O)n3[nH]2)cc1.Cc1ccc(-c2nc3nc(CNc4cccc(Cl)c4C)cc(=O)n3[nH]2)cc1C.Cc1ccccc1-c1nc2nc(CNc3ccc(F)cc3)cc(=O)n2[nH]1. The topological polar surface area (TPSA) is 394 Å². The molecule has 20 rings (SSSR count). The number of H-pyrrole nitrogens is 5. The number of hydrogen-bond acceptors (Lipinski definition) is 22. The Morgan fingerprint density at radius 2 is 0.672 bits per heavy atom. The number of hydrogen-bond donors (Lipinski definition) is 10. The molecule has 0 amide bonds. The largest absolute Gasteiger partial charge is 0.497 e. The highest BCUT2D eigenvalue weighted by Gasteiger charge is 2.20. The molecule has 37 heteroatoms. The quantitative estimate of drug-likeness (QED) is 0.0301. The van der Waals surface area contributed by atoms with Crippen LogP contribution in [0.4, 0.5) is 37.2 Å². The number of methoxy groups -OCH3 is 2. The molecular weight excluding hydrogens is 1810 g/mol. The summed E-state index contributed by atoms with van der Waals surface area (Å²) in [6.45, 7) is 16.4. The van der Waals surface area contributed by atoms with Crippen molar-refractivity contribution in [3.8, 4) is 68.4 Å². The predicted octanol–water partition coefficient (Wildman–Crippen LogP) is 18.3. The number of nitrogens with one attached hydrogen (secondary N) is 10. The van der Waals surface area contributed by atoms with Gasteiger partial charge < -0.3 is 36.1 Å². The van der Waals surface area contributed by atoms with Gasteiger partial charge in [-0.1, -0.05) is 128 Å². The molecule has 0 saturated carbocycles. The average Bonchev–Trinajstić information content (AvgIpc) is 1.66. The Balaban J connectivity index is 0.000000124. The van der Waals surface area contributed by atoms with Crippen molar-refractivity contribution in [2.24, 2.45) is 0 Å². The Kier molecular flexibility index (Phi) is 28.4. The molecule has 10 aromatic carbocycles. The Labute approximate surface area is 794 Å². The van der Waals surface area contributed by atoms with Gasteiger partial charge in [0.25, 0.3) is 56.7 Å². The predicted molar refractivity (Wildman–Crippen MR) is 530 cm³/mol. The third-order valence-corrected chi connectivity index (χ3v) is 22.7. The van der Waals surface area contributed by atoms with E-state index in [2.05, 4.69) is 142 Å². The van der Waals surface area contributed by atoms with E-state index < -0.39 is 0 Å². The van der Waals surface area contributed by atoms with Gasteiger partial charge in [0.2, 0.25) is 0 Å². The lowest BCUT2D eigenvalue weighted by Crippen LogP contribution is -2.17. The molecule has 0 aliphatic rings. The molecule has 0 aliphatic heterocycles. The second-order valence-corrected chi connectivity index (χ2v) is 33.9. The van der Waals surface area contributed by atoms with E-state index in [1.807, 2.05) is 172 Å². The average molecular weight is 1900 g/mol. The Hall–Kier alpha value is -16.7. The maximum atomic E-state index is 13.0. The molecule has 0 bridgehead atoms. The summed E-state index contributed by atoms with van der Waals surface area (Å²) >= 11 is 18.0. The second-order valence-electron chi connectivity index (χ2n) is 32.6. The first-order chi connectivity index (χ1) is 66.0. The molecule has 32 nitrogen and oxygen atoms in total. The van der Waals surface area contributed by atoms with Crippen LogP contribution < -0.4 is 63.9 Å². The van der Waals surface area contributed by atoms with Gasteiger partial charge in [-0.05, 0) is 219 Å². The van der Waals surface area contributed by atoms with E-state index in [0.717, 1.165) is 78.9 Å². The van der Waals surface area contributed by atoms with Crippen LogP contribution in [0.2, 0.25) is 15.1 Å². The van der Waals surface area contributed by atoms with Crippen LogP contribution >= 0.6 is 34.8 Å². The minimum atomic E-state index is -0.298. The van der Waals surface area contributed by atoms with Crippen LogP contribution in [0.25, 0.3) is 85.8 Å². The molecule has 10 aromatic heterocycles. The van der Waals surface area contributed by atoms with E-state index in [1.165, 1.54) is 93.9 Å². The molecule has 10 heterocycles. The van der Waals surface area contributed by atoms with Gasteiger partial charge in [0.15, 0.2) is 29.1 Å². The standard InChI is InChI=1S/C22H22FN5O.C21H20ClN5O.2C19H16ClN5O2.C19H16FN5O/c1-22(2,3)15-6-4-14(5-7-15)20-26-21-25-18(12-19(29)28(21)27-20)13-24-17-10-8-16(23)9-11-17;1-12-7-8-15(9-13(12)2)20-25-21-24-16(10-19(28)27(21)26-20)11-23-18-6-4-5-17(22)14(18)3;1-27-16-8-2-12(3-9-16)18-23-19-22-15(10-17(26)25(19)24-18)11-21-14-6-4-13(20)5-7-14;1-27-16-7-5-12(6-8-16)18-23-19-22-15(10-17(26)25(19)24-18)11-21-14-4-2-3-13(20)9-14;1-12-4-2-3-5-16(12)18-23-19-22-15(10-17(26)25(19)24-18)11-21-14-8-6-13(20)7-9-14/h4-12,24H,13H2,1-3H3,(H,25,26,27);4-10,23H,11H2,1-3H3,(H,24,25,26);2*2-10,21H,11H2,1H3,(H,22,23,24);2-10,21H,11H2,1H3,(H,22,23,24). The molecule has 0 fully saturated rings. The van der Waals surface area contributed by atoms with Gasteiger partial charge in [0.05, 0.1) is 75.4 Å². The van der Waals surface area contributed by atoms with Gasteiger partial charge in [-0.25, -0.2) is 33.7 Å². The van der Waals surface area contributed by atoms with Gasteiger partial charge in [-0.15, -0.1) is 0 Å². The van der Waals surface area contributed by atoms with Crippen molar-refractivity contribution in [1.29, 1.82) is 0 Å². The van der Waals surface area contributed by atoms with Crippen molar-refractivity contribution in [2.75, 3.05) is 40.8 Å². The van der Waals surface area contributed by atoms with Gasteiger partial charge in [-0.2, -0.15) is 47.5 Å². The minimum Gasteiger partial charge on any atom is -0.497 e. The van der Waals surface area contributed by atoms with Crippen LogP contribution in [-0.4, -0.2) is 112 Å². The van der Waals surface area contributed by atoms with Gasteiger partial charge >= 0.3 is 0 Å². The summed E-state index contributed by atoms with van der Waals surface area (Å²) in [6.07, 6.45) is 0. The fourth-order valence-corrected chi connectivity index (χ4v) is 14.6. The molecule has 0 spiro atoms. The number of aromatic nitrogens is 20. The maximum Gasteiger partial charge on any atom is 0.274 e. The molecule has 692 valence electrons. The highest BCUT2D eigenvalue weighted by molar-refractivity contribution is 6.32. The highest BCUT2D eigenvalue weighted by atomic mass is 35.5. The smallest absolute Gasteiger partial charge is 0.274 e. The number of halogens is 5. The van der Waals surface area contributed by atoms with E-state index >= 15 is 0 Å². The Morgan fingerprint density at radius 1 is 0.321 bits per heavy atom. The van der Waals surface area contributed by atoms with E-state index in [1.54, 1.807) is 56.7 Å². The number of aromatic amines is 5. The van der Waals surface area contributed by atoms with Gasteiger partial charge in [-0.3, -0.25) is 49.5 Å². The lowest BCUT2D eigenvalue weighted by Gasteiger charge is -2.18. The van der Waals surface area contributed by atoms with Crippen LogP contribution in [0.15, 0.2) is 285 Å². The van der Waals surface area contributed by atoms with Crippen molar-refractivity contribution in [1.82, 2.24) is 97.9 Å². The molecule has 0 saturated heterocycles. The fourth-order valence-electron chi connectivity index (χ4n) is 14.1. The first-order valence-corrected chi connectivity index (χ1v) is 44.1. The lowest BCUT2D eigenvalue weighted by atomic mass is 9.87. The van der Waals surface area contributed by atoms with E-state index in [4.69, 9.17) is 44.3 Å². The molecule has 20 aromatic rings. The van der Waals surface area contributed by atoms with Crippen molar-refractivity contribution >= 4 is 92.1 Å². The number of fused-ring (bicyclic) bond motifs is 5. The summed E-state index contributed by atoms with van der Waals surface area (Å²) in [5.41, 5.74) is 16.0. The van der Waals surface area contributed by atoms with Crippen molar-refractivity contribution in [3.05, 3.63) is 396 Å². The van der Waals surface area contributed by atoms with Gasteiger partial charge in [0, 0.05) is 102 Å². The van der Waals surface area contributed by atoms with Crippen LogP contribution in [-0.2, 0) is 38.1 Å². The zero-order chi connectivity index (χ0) is 96.1. The molecule has 0 aliphatic carbocycles. The van der Waals surface area contributed by atoms with Crippen molar-refractivity contribution in [2.45, 2.75) is 86.6 Å². The van der Waals surface area contributed by atoms with E-state index in [0.29, 0.717) is 134 Å². The summed E-state index contributed by atoms with van der Waals surface area (Å²) in [6, 6.07) is 76.5. The number of nitrogens with zero attached hydrogens (tertiary/aromatic N) is 15. The molecule has 10 N–H and O–H groups in total.